The summed E-state index contributed by atoms with van der Waals surface area (Å²) in [6.07, 6.45) is 7.00. The second-order valence-electron chi connectivity index (χ2n) is 2.52. The minimum Gasteiger partial charge on any atom is -0.165 e. The van der Waals surface area contributed by atoms with E-state index in [4.69, 9.17) is 11.6 Å². The van der Waals surface area contributed by atoms with Gasteiger partial charge in [0, 0.05) is 5.38 Å². The average Bonchev–Trinajstić information content (AvgIpc) is 1.89. The first-order valence-electron chi connectivity index (χ1n) is 3.94. The minimum atomic E-state index is 0.428. The van der Waals surface area contributed by atoms with E-state index in [1.165, 1.54) is 31.4 Å². The van der Waals surface area contributed by atoms with Gasteiger partial charge in [-0.05, 0) is 31.3 Å². The molecule has 0 aliphatic rings. The lowest BCUT2D eigenvalue weighted by atomic mass is 10.2. The largest absolute Gasteiger partial charge is 0.165 e. The van der Waals surface area contributed by atoms with Crippen LogP contribution >= 0.6 is 23.4 Å². The van der Waals surface area contributed by atoms with Gasteiger partial charge in [0.15, 0.2) is 0 Å². The standard InChI is InChI=1S/C8H17ClS/c1-3-5-8(9)6-4-7-10-2/h8H,3-7H2,1-2H3. The van der Waals surface area contributed by atoms with Crippen LogP contribution in [-0.4, -0.2) is 17.4 Å². The summed E-state index contributed by atoms with van der Waals surface area (Å²) in [5.74, 6) is 1.26. The molecule has 0 radical (unpaired) electrons. The molecule has 0 rings (SSSR count). The van der Waals surface area contributed by atoms with E-state index in [9.17, 15) is 0 Å². The lowest BCUT2D eigenvalue weighted by Gasteiger charge is -2.05. The predicted molar refractivity (Wildman–Crippen MR) is 52.2 cm³/mol. The Morgan fingerprint density at radius 2 is 2.10 bits per heavy atom. The first-order chi connectivity index (χ1) is 4.81. The summed E-state index contributed by atoms with van der Waals surface area (Å²) >= 11 is 7.91. The molecule has 0 saturated carbocycles. The van der Waals surface area contributed by atoms with Gasteiger partial charge in [0.05, 0.1) is 0 Å². The molecule has 1 unspecified atom stereocenters. The lowest BCUT2D eigenvalue weighted by Crippen LogP contribution is -1.97. The number of alkyl halides is 1. The molecule has 0 aromatic heterocycles. The Hall–Kier alpha value is 0.640. The van der Waals surface area contributed by atoms with Crippen molar-refractivity contribution in [3.8, 4) is 0 Å². The van der Waals surface area contributed by atoms with Gasteiger partial charge in [-0.3, -0.25) is 0 Å². The molecule has 0 aromatic carbocycles. The van der Waals surface area contributed by atoms with E-state index in [-0.39, 0.29) is 0 Å². The van der Waals surface area contributed by atoms with Crippen molar-refractivity contribution in [3.63, 3.8) is 0 Å². The SMILES string of the molecule is CCCC(Cl)CCCSC. The third-order valence-corrected chi connectivity index (χ3v) is 2.60. The van der Waals surface area contributed by atoms with Crippen molar-refractivity contribution in [1.82, 2.24) is 0 Å². The van der Waals surface area contributed by atoms with Crippen LogP contribution in [0.1, 0.15) is 32.6 Å². The van der Waals surface area contributed by atoms with Crippen molar-refractivity contribution in [2.24, 2.45) is 0 Å². The fraction of sp³-hybridized carbons (Fsp3) is 1.00. The monoisotopic (exact) mass is 180 g/mol. The molecule has 1 atom stereocenters. The van der Waals surface area contributed by atoms with Crippen LogP contribution in [-0.2, 0) is 0 Å². The zero-order valence-corrected chi connectivity index (χ0v) is 8.47. The van der Waals surface area contributed by atoms with Gasteiger partial charge in [0.1, 0.15) is 0 Å². The molecule has 0 amide bonds. The van der Waals surface area contributed by atoms with Crippen LogP contribution in [0.4, 0.5) is 0 Å². The zero-order chi connectivity index (χ0) is 7.82. The molecule has 0 spiro atoms. The van der Waals surface area contributed by atoms with Gasteiger partial charge in [0.25, 0.3) is 0 Å². The van der Waals surface area contributed by atoms with Gasteiger partial charge in [-0.15, -0.1) is 11.6 Å². The van der Waals surface area contributed by atoms with Crippen LogP contribution in [0, 0.1) is 0 Å². The number of rotatable bonds is 6. The molecule has 0 heterocycles. The number of hydrogen-bond acceptors (Lipinski definition) is 1. The van der Waals surface area contributed by atoms with Crippen LogP contribution < -0.4 is 0 Å². The van der Waals surface area contributed by atoms with Crippen molar-refractivity contribution in [3.05, 3.63) is 0 Å². The summed E-state index contributed by atoms with van der Waals surface area (Å²) in [4.78, 5) is 0. The second-order valence-corrected chi connectivity index (χ2v) is 4.12. The second kappa shape index (κ2) is 7.74. The topological polar surface area (TPSA) is 0 Å². The maximum atomic E-state index is 6.01. The van der Waals surface area contributed by atoms with Crippen LogP contribution in [0.2, 0.25) is 0 Å². The van der Waals surface area contributed by atoms with Crippen LogP contribution in [0.15, 0.2) is 0 Å². The maximum Gasteiger partial charge on any atom is 0.0336 e. The molecular weight excluding hydrogens is 164 g/mol. The summed E-state index contributed by atoms with van der Waals surface area (Å²) in [5.41, 5.74) is 0. The van der Waals surface area contributed by atoms with Crippen molar-refractivity contribution in [2.75, 3.05) is 12.0 Å². The van der Waals surface area contributed by atoms with Crippen molar-refractivity contribution in [2.45, 2.75) is 38.0 Å². The van der Waals surface area contributed by atoms with E-state index < -0.39 is 0 Å². The number of halogens is 1. The van der Waals surface area contributed by atoms with Gasteiger partial charge in [-0.25, -0.2) is 0 Å². The molecule has 0 fully saturated rings. The molecule has 0 saturated heterocycles. The normalized spacial score (nSPS) is 13.5. The number of thioether (sulfide) groups is 1. The first kappa shape index (κ1) is 10.6. The molecule has 0 nitrogen and oxygen atoms in total. The fourth-order valence-electron chi connectivity index (χ4n) is 0.907. The summed E-state index contributed by atoms with van der Waals surface area (Å²) in [6, 6.07) is 0. The molecule has 0 N–H and O–H groups in total. The average molecular weight is 181 g/mol. The third-order valence-electron chi connectivity index (χ3n) is 1.47. The first-order valence-corrected chi connectivity index (χ1v) is 5.77. The Morgan fingerprint density at radius 3 is 2.60 bits per heavy atom. The summed E-state index contributed by atoms with van der Waals surface area (Å²) in [5, 5.41) is 0.428. The quantitative estimate of drug-likeness (QED) is 0.445. The van der Waals surface area contributed by atoms with Crippen LogP contribution in [0.25, 0.3) is 0 Å². The predicted octanol–water partition coefficient (Wildman–Crippen LogP) is 3.54. The highest BCUT2D eigenvalue weighted by Crippen LogP contribution is 2.13. The molecule has 10 heavy (non-hydrogen) atoms. The highest BCUT2D eigenvalue weighted by Gasteiger charge is 2.00. The minimum absolute atomic E-state index is 0.428. The molecule has 0 bridgehead atoms. The van der Waals surface area contributed by atoms with Gasteiger partial charge < -0.3 is 0 Å². The molecule has 62 valence electrons. The van der Waals surface area contributed by atoms with Crippen LogP contribution in [0.3, 0.4) is 0 Å². The van der Waals surface area contributed by atoms with Crippen molar-refractivity contribution in [1.29, 1.82) is 0 Å². The molecule has 0 aromatic rings. The molecule has 0 aliphatic carbocycles. The van der Waals surface area contributed by atoms with E-state index in [2.05, 4.69) is 13.2 Å². The number of hydrogen-bond donors (Lipinski definition) is 0. The summed E-state index contributed by atoms with van der Waals surface area (Å²) in [7, 11) is 0. The van der Waals surface area contributed by atoms with E-state index in [0.717, 1.165) is 0 Å². The summed E-state index contributed by atoms with van der Waals surface area (Å²) in [6.45, 7) is 2.18. The van der Waals surface area contributed by atoms with E-state index in [0.29, 0.717) is 5.38 Å². The molecule has 2 heteroatoms. The zero-order valence-electron chi connectivity index (χ0n) is 6.90. The van der Waals surface area contributed by atoms with Crippen molar-refractivity contribution < 1.29 is 0 Å². The molecular formula is C8H17ClS. The van der Waals surface area contributed by atoms with Gasteiger partial charge in [-0.2, -0.15) is 11.8 Å². The Morgan fingerprint density at radius 1 is 1.40 bits per heavy atom. The van der Waals surface area contributed by atoms with Crippen LogP contribution in [0.5, 0.6) is 0 Å². The Labute approximate surface area is 73.7 Å². The Balaban J connectivity index is 2.97. The summed E-state index contributed by atoms with van der Waals surface area (Å²) < 4.78 is 0. The van der Waals surface area contributed by atoms with Gasteiger partial charge in [-0.1, -0.05) is 13.3 Å². The van der Waals surface area contributed by atoms with E-state index in [1.54, 1.807) is 0 Å². The van der Waals surface area contributed by atoms with Crippen molar-refractivity contribution >= 4 is 23.4 Å². The Bertz CT molecular complexity index is 66.3. The van der Waals surface area contributed by atoms with Gasteiger partial charge in [0.2, 0.25) is 0 Å². The smallest absolute Gasteiger partial charge is 0.0336 e. The maximum absolute atomic E-state index is 6.01. The lowest BCUT2D eigenvalue weighted by molar-refractivity contribution is 0.668. The van der Waals surface area contributed by atoms with Gasteiger partial charge >= 0.3 is 0 Å². The highest BCUT2D eigenvalue weighted by atomic mass is 35.5. The molecule has 0 aliphatic heterocycles. The third kappa shape index (κ3) is 6.76. The van der Waals surface area contributed by atoms with E-state index >= 15 is 0 Å². The fourth-order valence-corrected chi connectivity index (χ4v) is 1.73. The Kier molecular flexibility index (Phi) is 8.24. The highest BCUT2D eigenvalue weighted by molar-refractivity contribution is 7.98. The van der Waals surface area contributed by atoms with E-state index in [1.807, 2.05) is 11.8 Å².